The summed E-state index contributed by atoms with van der Waals surface area (Å²) in [5.74, 6) is 3.12. The van der Waals surface area contributed by atoms with Crippen LogP contribution in [-0.4, -0.2) is 60.8 Å². The lowest BCUT2D eigenvalue weighted by molar-refractivity contribution is 0.171. The highest BCUT2D eigenvalue weighted by Crippen LogP contribution is 2.33. The fraction of sp³-hybridized carbons (Fsp3) is 0.474. The molecule has 3 heterocycles. The highest BCUT2D eigenvalue weighted by atomic mass is 16.6. The van der Waals surface area contributed by atoms with Gasteiger partial charge >= 0.3 is 0 Å². The molecule has 2 aromatic rings. The SMILES string of the molecule is CCN1CCN(c2cc(C)nc(Nc3ccc4c(c3)OCCO4)n2)CC1. The number of hydrogen-bond acceptors (Lipinski definition) is 7. The fourth-order valence-corrected chi connectivity index (χ4v) is 3.31. The maximum absolute atomic E-state index is 5.65. The number of aromatic nitrogens is 2. The molecule has 2 aliphatic rings. The summed E-state index contributed by atoms with van der Waals surface area (Å²) in [5, 5.41) is 3.30. The summed E-state index contributed by atoms with van der Waals surface area (Å²) in [7, 11) is 0. The minimum Gasteiger partial charge on any atom is -0.486 e. The third-order valence-electron chi connectivity index (χ3n) is 4.78. The Morgan fingerprint density at radius 1 is 1.00 bits per heavy atom. The monoisotopic (exact) mass is 355 g/mol. The smallest absolute Gasteiger partial charge is 0.229 e. The highest BCUT2D eigenvalue weighted by Gasteiger charge is 2.18. The van der Waals surface area contributed by atoms with E-state index in [-0.39, 0.29) is 0 Å². The van der Waals surface area contributed by atoms with Crippen molar-refractivity contribution < 1.29 is 9.47 Å². The van der Waals surface area contributed by atoms with Crippen molar-refractivity contribution in [1.29, 1.82) is 0 Å². The molecule has 0 bridgehead atoms. The molecule has 0 atom stereocenters. The van der Waals surface area contributed by atoms with Crippen LogP contribution in [0.2, 0.25) is 0 Å². The Hall–Kier alpha value is -2.54. The molecule has 4 rings (SSSR count). The number of nitrogens with zero attached hydrogens (tertiary/aromatic N) is 4. The van der Waals surface area contributed by atoms with Gasteiger partial charge in [-0.05, 0) is 25.6 Å². The minimum absolute atomic E-state index is 0.575. The summed E-state index contributed by atoms with van der Waals surface area (Å²) in [4.78, 5) is 14.1. The second kappa shape index (κ2) is 7.37. The van der Waals surface area contributed by atoms with Crippen LogP contribution in [0.25, 0.3) is 0 Å². The molecule has 0 spiro atoms. The summed E-state index contributed by atoms with van der Waals surface area (Å²) < 4.78 is 11.2. The average Bonchev–Trinajstić information content (AvgIpc) is 2.67. The summed E-state index contributed by atoms with van der Waals surface area (Å²) in [5.41, 5.74) is 1.84. The van der Waals surface area contributed by atoms with Gasteiger partial charge in [-0.25, -0.2) is 4.98 Å². The zero-order valence-electron chi connectivity index (χ0n) is 15.4. The van der Waals surface area contributed by atoms with Gasteiger partial charge in [-0.3, -0.25) is 0 Å². The molecule has 7 nitrogen and oxygen atoms in total. The van der Waals surface area contributed by atoms with Gasteiger partial charge < -0.3 is 24.6 Å². The van der Waals surface area contributed by atoms with Crippen molar-refractivity contribution in [2.45, 2.75) is 13.8 Å². The molecule has 0 unspecified atom stereocenters. The van der Waals surface area contributed by atoms with E-state index >= 15 is 0 Å². The number of hydrogen-bond donors (Lipinski definition) is 1. The Labute approximate surface area is 153 Å². The Bertz CT molecular complexity index is 775. The second-order valence-electron chi connectivity index (χ2n) is 6.60. The lowest BCUT2D eigenvalue weighted by Crippen LogP contribution is -2.46. The predicted octanol–water partition coefficient (Wildman–Crippen LogP) is 2.44. The Kier molecular flexibility index (Phi) is 4.79. The van der Waals surface area contributed by atoms with Crippen molar-refractivity contribution in [3.8, 4) is 11.5 Å². The van der Waals surface area contributed by atoms with E-state index in [0.717, 1.165) is 61.4 Å². The molecular formula is C19H25N5O2. The van der Waals surface area contributed by atoms with E-state index in [1.54, 1.807) is 0 Å². The summed E-state index contributed by atoms with van der Waals surface area (Å²) in [6, 6.07) is 7.85. The van der Waals surface area contributed by atoms with E-state index in [4.69, 9.17) is 14.5 Å². The largest absolute Gasteiger partial charge is 0.486 e. The highest BCUT2D eigenvalue weighted by molar-refractivity contribution is 5.61. The first-order valence-electron chi connectivity index (χ1n) is 9.21. The van der Waals surface area contributed by atoms with Crippen molar-refractivity contribution in [2.24, 2.45) is 0 Å². The lowest BCUT2D eigenvalue weighted by Gasteiger charge is -2.34. The number of piperazine rings is 1. The van der Waals surface area contributed by atoms with Gasteiger partial charge in [-0.1, -0.05) is 6.92 Å². The molecule has 138 valence electrons. The van der Waals surface area contributed by atoms with Crippen LogP contribution in [0.3, 0.4) is 0 Å². The van der Waals surface area contributed by atoms with Crippen LogP contribution >= 0.6 is 0 Å². The molecule has 1 N–H and O–H groups in total. The first-order chi connectivity index (χ1) is 12.7. The van der Waals surface area contributed by atoms with Crippen LogP contribution in [0.4, 0.5) is 17.5 Å². The molecule has 0 radical (unpaired) electrons. The van der Waals surface area contributed by atoms with Crippen molar-refractivity contribution in [3.63, 3.8) is 0 Å². The molecule has 1 aromatic heterocycles. The molecule has 1 fully saturated rings. The normalized spacial score (nSPS) is 17.2. The van der Waals surface area contributed by atoms with E-state index in [0.29, 0.717) is 19.2 Å². The van der Waals surface area contributed by atoms with Crippen molar-refractivity contribution >= 4 is 17.5 Å². The molecular weight excluding hydrogens is 330 g/mol. The van der Waals surface area contributed by atoms with Gasteiger partial charge in [0.2, 0.25) is 5.95 Å². The molecule has 0 aliphatic carbocycles. The van der Waals surface area contributed by atoms with Crippen molar-refractivity contribution in [2.75, 3.05) is 56.2 Å². The standard InChI is InChI=1S/C19H25N5O2/c1-3-23-6-8-24(9-7-23)18-12-14(2)20-19(22-18)21-15-4-5-16-17(13-15)26-11-10-25-16/h4-5,12-13H,3,6-11H2,1-2H3,(H,20,21,22). The van der Waals surface area contributed by atoms with Gasteiger partial charge in [-0.2, -0.15) is 4.98 Å². The lowest BCUT2D eigenvalue weighted by atomic mass is 10.2. The number of nitrogens with one attached hydrogen (secondary N) is 1. The number of rotatable bonds is 4. The second-order valence-corrected chi connectivity index (χ2v) is 6.60. The predicted molar refractivity (Wildman–Crippen MR) is 102 cm³/mol. The van der Waals surface area contributed by atoms with Crippen molar-refractivity contribution in [3.05, 3.63) is 30.0 Å². The van der Waals surface area contributed by atoms with Gasteiger partial charge in [0.05, 0.1) is 0 Å². The van der Waals surface area contributed by atoms with E-state index in [1.807, 2.05) is 25.1 Å². The van der Waals surface area contributed by atoms with E-state index < -0.39 is 0 Å². The molecule has 1 saturated heterocycles. The average molecular weight is 355 g/mol. The number of anilines is 3. The fourth-order valence-electron chi connectivity index (χ4n) is 3.31. The zero-order valence-corrected chi connectivity index (χ0v) is 15.4. The summed E-state index contributed by atoms with van der Waals surface area (Å²) in [6.07, 6.45) is 0. The molecule has 0 amide bonds. The maximum atomic E-state index is 5.65. The Balaban J connectivity index is 1.51. The van der Waals surface area contributed by atoms with Gasteiger partial charge in [0.25, 0.3) is 0 Å². The van der Waals surface area contributed by atoms with E-state index in [9.17, 15) is 0 Å². The van der Waals surface area contributed by atoms with Crippen LogP contribution in [0, 0.1) is 6.92 Å². The molecule has 7 heteroatoms. The topological polar surface area (TPSA) is 62.8 Å². The third kappa shape index (κ3) is 3.67. The summed E-state index contributed by atoms with van der Waals surface area (Å²) in [6.45, 7) is 10.6. The molecule has 2 aliphatic heterocycles. The van der Waals surface area contributed by atoms with Crippen LogP contribution in [0.1, 0.15) is 12.6 Å². The van der Waals surface area contributed by atoms with Gasteiger partial charge in [-0.15, -0.1) is 0 Å². The van der Waals surface area contributed by atoms with Gasteiger partial charge in [0.1, 0.15) is 19.0 Å². The minimum atomic E-state index is 0.575. The first kappa shape index (κ1) is 16.9. The number of aryl methyl sites for hydroxylation is 1. The van der Waals surface area contributed by atoms with Crippen LogP contribution in [0.5, 0.6) is 11.5 Å². The quantitative estimate of drug-likeness (QED) is 0.904. The number of likely N-dealkylation sites (N-methyl/N-ethyl adjacent to an activating group) is 1. The Morgan fingerprint density at radius 3 is 2.54 bits per heavy atom. The number of benzene rings is 1. The van der Waals surface area contributed by atoms with Crippen LogP contribution in [-0.2, 0) is 0 Å². The molecule has 1 aromatic carbocycles. The Morgan fingerprint density at radius 2 is 1.77 bits per heavy atom. The zero-order chi connectivity index (χ0) is 17.9. The number of ether oxygens (including phenoxy) is 2. The van der Waals surface area contributed by atoms with Crippen LogP contribution < -0.4 is 19.7 Å². The molecule has 0 saturated carbocycles. The first-order valence-corrected chi connectivity index (χ1v) is 9.21. The van der Waals surface area contributed by atoms with E-state index in [1.165, 1.54) is 0 Å². The maximum Gasteiger partial charge on any atom is 0.229 e. The molecule has 26 heavy (non-hydrogen) atoms. The third-order valence-corrected chi connectivity index (χ3v) is 4.78. The van der Waals surface area contributed by atoms with Gasteiger partial charge in [0, 0.05) is 49.7 Å². The van der Waals surface area contributed by atoms with Crippen LogP contribution in [0.15, 0.2) is 24.3 Å². The summed E-state index contributed by atoms with van der Waals surface area (Å²) >= 11 is 0. The van der Waals surface area contributed by atoms with Crippen molar-refractivity contribution in [1.82, 2.24) is 14.9 Å². The number of fused-ring (bicyclic) bond motifs is 1. The van der Waals surface area contributed by atoms with Gasteiger partial charge in [0.15, 0.2) is 11.5 Å². The van der Waals surface area contributed by atoms with E-state index in [2.05, 4.69) is 33.1 Å².